The Morgan fingerprint density at radius 1 is 1.29 bits per heavy atom. The van der Waals surface area contributed by atoms with Crippen molar-refractivity contribution in [2.45, 2.75) is 4.90 Å². The lowest BCUT2D eigenvalue weighted by Crippen LogP contribution is -1.84. The number of thioether (sulfide) groups is 1. The molecule has 4 heteroatoms. The van der Waals surface area contributed by atoms with Crippen molar-refractivity contribution in [3.63, 3.8) is 0 Å². The summed E-state index contributed by atoms with van der Waals surface area (Å²) < 4.78 is 5.04. The molecule has 2 N–H and O–H groups in total. The van der Waals surface area contributed by atoms with E-state index in [0.717, 1.165) is 5.56 Å². The summed E-state index contributed by atoms with van der Waals surface area (Å²) in [5.41, 5.74) is 7.21. The highest BCUT2D eigenvalue weighted by atomic mass is 32.2. The molecule has 0 saturated heterocycles. The van der Waals surface area contributed by atoms with Crippen LogP contribution < -0.4 is 5.73 Å². The minimum Gasteiger partial charge on any atom is -0.394 e. The summed E-state index contributed by atoms with van der Waals surface area (Å²) in [4.78, 5) is 1.21. The van der Waals surface area contributed by atoms with Gasteiger partial charge in [0.25, 0.3) is 0 Å². The molecule has 1 aromatic heterocycles. The van der Waals surface area contributed by atoms with Crippen molar-refractivity contribution in [2.24, 2.45) is 0 Å². The number of rotatable bonds is 2. The van der Waals surface area contributed by atoms with E-state index in [-0.39, 0.29) is 0 Å². The summed E-state index contributed by atoms with van der Waals surface area (Å²) >= 11 is 1.70. The van der Waals surface area contributed by atoms with Crippen molar-refractivity contribution in [3.05, 3.63) is 30.5 Å². The normalized spacial score (nSPS) is 10.4. The summed E-state index contributed by atoms with van der Waals surface area (Å²) in [6.07, 6.45) is 3.55. The van der Waals surface area contributed by atoms with Crippen molar-refractivity contribution in [3.8, 4) is 11.3 Å². The van der Waals surface area contributed by atoms with E-state index in [1.807, 2.05) is 30.5 Å². The molecule has 2 rings (SSSR count). The molecule has 1 heterocycles. The zero-order valence-electron chi connectivity index (χ0n) is 7.73. The number of nitrogens with zero attached hydrogens (tertiary/aromatic N) is 1. The molecule has 3 nitrogen and oxygen atoms in total. The number of aromatic nitrogens is 1. The van der Waals surface area contributed by atoms with Crippen molar-refractivity contribution >= 4 is 17.4 Å². The van der Waals surface area contributed by atoms with Crippen molar-refractivity contribution in [1.29, 1.82) is 0 Å². The third-order valence-corrected chi connectivity index (χ3v) is 2.69. The zero-order valence-corrected chi connectivity index (χ0v) is 8.54. The third-order valence-electron chi connectivity index (χ3n) is 1.95. The number of benzene rings is 1. The lowest BCUT2D eigenvalue weighted by molar-refractivity contribution is 0.432. The Labute approximate surface area is 86.3 Å². The zero-order chi connectivity index (χ0) is 9.97. The molecule has 1 aromatic carbocycles. The van der Waals surface area contributed by atoms with Crippen molar-refractivity contribution in [2.75, 3.05) is 12.0 Å². The van der Waals surface area contributed by atoms with Crippen LogP contribution in [0.15, 0.2) is 39.9 Å². The van der Waals surface area contributed by atoms with Crippen LogP contribution in [0.25, 0.3) is 11.3 Å². The number of anilines is 1. The van der Waals surface area contributed by atoms with Gasteiger partial charge >= 0.3 is 0 Å². The van der Waals surface area contributed by atoms with Gasteiger partial charge in [-0.2, -0.15) is 0 Å². The van der Waals surface area contributed by atoms with E-state index in [9.17, 15) is 0 Å². The van der Waals surface area contributed by atoms with Crippen LogP contribution in [0.2, 0.25) is 0 Å². The molecule has 2 aromatic rings. The van der Waals surface area contributed by atoms with Gasteiger partial charge in [0.1, 0.15) is 5.69 Å². The van der Waals surface area contributed by atoms with Crippen LogP contribution in [0.5, 0.6) is 0 Å². The number of hydrogen-bond acceptors (Lipinski definition) is 4. The summed E-state index contributed by atoms with van der Waals surface area (Å²) in [5, 5.41) is 3.64. The summed E-state index contributed by atoms with van der Waals surface area (Å²) in [6.45, 7) is 0. The molecule has 0 spiro atoms. The number of nitrogens with two attached hydrogens (primary N) is 1. The molecule has 0 aliphatic rings. The fourth-order valence-corrected chi connectivity index (χ4v) is 1.62. The molecular weight excluding hydrogens is 196 g/mol. The predicted octanol–water partition coefficient (Wildman–Crippen LogP) is 2.65. The highest BCUT2D eigenvalue weighted by molar-refractivity contribution is 7.98. The van der Waals surface area contributed by atoms with E-state index >= 15 is 0 Å². The van der Waals surface area contributed by atoms with Gasteiger partial charge in [-0.15, -0.1) is 11.8 Å². The van der Waals surface area contributed by atoms with Crippen LogP contribution in [0.1, 0.15) is 0 Å². The van der Waals surface area contributed by atoms with Crippen LogP contribution in [0.3, 0.4) is 0 Å². The second kappa shape index (κ2) is 3.75. The predicted molar refractivity (Wildman–Crippen MR) is 58.1 cm³/mol. The van der Waals surface area contributed by atoms with E-state index in [2.05, 4.69) is 5.16 Å². The van der Waals surface area contributed by atoms with Gasteiger partial charge in [0, 0.05) is 10.5 Å². The first-order chi connectivity index (χ1) is 6.81. The molecule has 0 aliphatic heterocycles. The molecule has 0 fully saturated rings. The van der Waals surface area contributed by atoms with Gasteiger partial charge in [0.05, 0.1) is 6.20 Å². The second-order valence-corrected chi connectivity index (χ2v) is 3.72. The molecule has 0 saturated carbocycles. The first kappa shape index (κ1) is 9.15. The Bertz CT molecular complexity index is 422. The quantitative estimate of drug-likeness (QED) is 0.767. The second-order valence-electron chi connectivity index (χ2n) is 2.84. The molecule has 14 heavy (non-hydrogen) atoms. The van der Waals surface area contributed by atoms with Gasteiger partial charge in [0.15, 0.2) is 5.76 Å². The average Bonchev–Trinajstić information content (AvgIpc) is 2.65. The van der Waals surface area contributed by atoms with E-state index < -0.39 is 0 Å². The summed E-state index contributed by atoms with van der Waals surface area (Å²) in [6, 6.07) is 8.01. The topological polar surface area (TPSA) is 52.0 Å². The Hall–Kier alpha value is -1.42. The SMILES string of the molecule is CSc1ccc(-c2oncc2N)cc1. The third kappa shape index (κ3) is 1.61. The van der Waals surface area contributed by atoms with Crippen LogP contribution in [-0.2, 0) is 0 Å². The van der Waals surface area contributed by atoms with Crippen LogP contribution >= 0.6 is 11.8 Å². The van der Waals surface area contributed by atoms with Gasteiger partial charge in [-0.25, -0.2) is 0 Å². The molecular formula is C10H10N2OS. The Kier molecular flexibility index (Phi) is 2.45. The smallest absolute Gasteiger partial charge is 0.189 e. The lowest BCUT2D eigenvalue weighted by Gasteiger charge is -1.98. The minimum atomic E-state index is 0.571. The summed E-state index contributed by atoms with van der Waals surface area (Å²) in [7, 11) is 0. The molecule has 0 radical (unpaired) electrons. The fourth-order valence-electron chi connectivity index (χ4n) is 1.21. The van der Waals surface area contributed by atoms with Crippen molar-refractivity contribution in [1.82, 2.24) is 5.16 Å². The van der Waals surface area contributed by atoms with E-state index in [4.69, 9.17) is 10.3 Å². The maximum atomic E-state index is 5.68. The van der Waals surface area contributed by atoms with E-state index in [1.165, 1.54) is 11.1 Å². The molecule has 0 amide bonds. The first-order valence-electron chi connectivity index (χ1n) is 4.16. The molecule has 0 bridgehead atoms. The minimum absolute atomic E-state index is 0.571. The van der Waals surface area contributed by atoms with Gasteiger partial charge in [-0.05, 0) is 30.5 Å². The fraction of sp³-hybridized carbons (Fsp3) is 0.100. The average molecular weight is 206 g/mol. The van der Waals surface area contributed by atoms with Crippen molar-refractivity contribution < 1.29 is 4.52 Å². The Morgan fingerprint density at radius 2 is 2.00 bits per heavy atom. The molecule has 0 aliphatic carbocycles. The highest BCUT2D eigenvalue weighted by Crippen LogP contribution is 2.26. The monoisotopic (exact) mass is 206 g/mol. The maximum Gasteiger partial charge on any atom is 0.189 e. The van der Waals surface area contributed by atoms with E-state index in [1.54, 1.807) is 11.8 Å². The molecule has 72 valence electrons. The van der Waals surface area contributed by atoms with Crippen LogP contribution in [-0.4, -0.2) is 11.4 Å². The van der Waals surface area contributed by atoms with Crippen LogP contribution in [0.4, 0.5) is 5.69 Å². The standard InChI is InChI=1S/C10H10N2OS/c1-14-8-4-2-7(3-5-8)10-9(11)6-12-13-10/h2-6H,11H2,1H3. The number of hydrogen-bond donors (Lipinski definition) is 1. The van der Waals surface area contributed by atoms with Gasteiger partial charge < -0.3 is 10.3 Å². The highest BCUT2D eigenvalue weighted by Gasteiger charge is 2.06. The summed E-state index contributed by atoms with van der Waals surface area (Å²) in [5.74, 6) is 0.637. The molecule has 0 unspecified atom stereocenters. The van der Waals surface area contributed by atoms with E-state index in [0.29, 0.717) is 11.4 Å². The largest absolute Gasteiger partial charge is 0.394 e. The maximum absolute atomic E-state index is 5.68. The Balaban J connectivity index is 2.39. The van der Waals surface area contributed by atoms with Gasteiger partial charge in [0.2, 0.25) is 0 Å². The van der Waals surface area contributed by atoms with Gasteiger partial charge in [-0.1, -0.05) is 5.16 Å². The lowest BCUT2D eigenvalue weighted by atomic mass is 10.1. The first-order valence-corrected chi connectivity index (χ1v) is 5.38. The van der Waals surface area contributed by atoms with Crippen LogP contribution in [0, 0.1) is 0 Å². The van der Waals surface area contributed by atoms with Gasteiger partial charge in [-0.3, -0.25) is 0 Å². The molecule has 0 atom stereocenters. The Morgan fingerprint density at radius 3 is 2.50 bits per heavy atom. The number of nitrogen functional groups attached to an aromatic ring is 1.